The van der Waals surface area contributed by atoms with Crippen molar-refractivity contribution >= 4 is 5.57 Å². The zero-order valence-electron chi connectivity index (χ0n) is 13.2. The van der Waals surface area contributed by atoms with Crippen LogP contribution >= 0.6 is 0 Å². The molecule has 0 aromatic heterocycles. The number of hydrogen-bond acceptors (Lipinski definition) is 0. The average Bonchev–Trinajstić information content (AvgIpc) is 2.92. The van der Waals surface area contributed by atoms with E-state index in [1.165, 1.54) is 27.9 Å². The summed E-state index contributed by atoms with van der Waals surface area (Å²) in [6.07, 6.45) is 13.0. The lowest BCUT2D eigenvalue weighted by Gasteiger charge is -2.15. The Balaban J connectivity index is 2.00. The first-order valence-corrected chi connectivity index (χ1v) is 7.91. The Kier molecular flexibility index (Phi) is 4.11. The van der Waals surface area contributed by atoms with Gasteiger partial charge in [0.1, 0.15) is 0 Å². The van der Waals surface area contributed by atoms with Gasteiger partial charge in [0.15, 0.2) is 0 Å². The fourth-order valence-electron chi connectivity index (χ4n) is 3.30. The lowest BCUT2D eigenvalue weighted by Crippen LogP contribution is -1.99. The van der Waals surface area contributed by atoms with E-state index in [0.29, 0.717) is 5.92 Å². The van der Waals surface area contributed by atoms with E-state index in [9.17, 15) is 0 Å². The van der Waals surface area contributed by atoms with Crippen molar-refractivity contribution in [1.29, 1.82) is 0 Å². The molecule has 1 unspecified atom stereocenters. The molecule has 3 rings (SSSR count). The fourth-order valence-corrected chi connectivity index (χ4v) is 3.30. The molecule has 1 aromatic carbocycles. The monoisotopic (exact) mass is 286 g/mol. The number of allylic oxidation sites excluding steroid dienone is 10. The van der Waals surface area contributed by atoms with Crippen LogP contribution in [0.2, 0.25) is 0 Å². The third-order valence-electron chi connectivity index (χ3n) is 4.60. The molecule has 1 atom stereocenters. The van der Waals surface area contributed by atoms with E-state index in [0.717, 1.165) is 18.4 Å². The van der Waals surface area contributed by atoms with Crippen LogP contribution < -0.4 is 0 Å². The molecule has 0 nitrogen and oxygen atoms in total. The van der Waals surface area contributed by atoms with Gasteiger partial charge in [-0.05, 0) is 52.3 Å². The number of rotatable bonds is 4. The third-order valence-corrected chi connectivity index (χ3v) is 4.60. The molecule has 2 aliphatic carbocycles. The summed E-state index contributed by atoms with van der Waals surface area (Å²) in [6.45, 7) is 10.7. The van der Waals surface area contributed by atoms with Crippen LogP contribution in [0, 0.1) is 5.92 Å². The molecular weight excluding hydrogens is 264 g/mol. The standard InChI is InChI=1S/C22H22/c1-4-20-17(3)21(19-13-9-6-10-14-19)15-22(20)16(2)18-11-7-5-8-12-18/h4-7,9-11,13-15,17H,1-2,8,12H2,3H3. The summed E-state index contributed by atoms with van der Waals surface area (Å²) in [5.41, 5.74) is 7.68. The minimum atomic E-state index is 0.367. The quantitative estimate of drug-likeness (QED) is 0.633. The van der Waals surface area contributed by atoms with Gasteiger partial charge in [0.25, 0.3) is 0 Å². The van der Waals surface area contributed by atoms with Gasteiger partial charge in [0, 0.05) is 5.92 Å². The molecule has 0 saturated heterocycles. The normalized spacial score (nSPS) is 20.7. The second-order valence-electron chi connectivity index (χ2n) is 5.90. The number of benzene rings is 1. The van der Waals surface area contributed by atoms with E-state index in [4.69, 9.17) is 0 Å². The van der Waals surface area contributed by atoms with Crippen molar-refractivity contribution in [2.24, 2.45) is 5.92 Å². The summed E-state index contributed by atoms with van der Waals surface area (Å²) < 4.78 is 0. The van der Waals surface area contributed by atoms with Gasteiger partial charge >= 0.3 is 0 Å². The summed E-state index contributed by atoms with van der Waals surface area (Å²) in [4.78, 5) is 0. The van der Waals surface area contributed by atoms with Gasteiger partial charge in [0.2, 0.25) is 0 Å². The highest BCUT2D eigenvalue weighted by Crippen LogP contribution is 2.42. The first-order chi connectivity index (χ1) is 10.7. The van der Waals surface area contributed by atoms with E-state index in [2.05, 4.69) is 74.7 Å². The average molecular weight is 286 g/mol. The van der Waals surface area contributed by atoms with Gasteiger partial charge in [-0.3, -0.25) is 0 Å². The van der Waals surface area contributed by atoms with Crippen molar-refractivity contribution in [1.82, 2.24) is 0 Å². The summed E-state index contributed by atoms with van der Waals surface area (Å²) in [6, 6.07) is 10.6. The second-order valence-corrected chi connectivity index (χ2v) is 5.90. The van der Waals surface area contributed by atoms with Gasteiger partial charge in [-0.25, -0.2) is 0 Å². The first-order valence-electron chi connectivity index (χ1n) is 7.91. The van der Waals surface area contributed by atoms with Crippen LogP contribution in [0.3, 0.4) is 0 Å². The van der Waals surface area contributed by atoms with E-state index >= 15 is 0 Å². The minimum absolute atomic E-state index is 0.367. The molecule has 0 radical (unpaired) electrons. The molecule has 1 aromatic rings. The van der Waals surface area contributed by atoms with E-state index in [-0.39, 0.29) is 0 Å². The summed E-state index contributed by atoms with van der Waals surface area (Å²) in [7, 11) is 0. The van der Waals surface area contributed by atoms with Crippen molar-refractivity contribution < 1.29 is 0 Å². The van der Waals surface area contributed by atoms with E-state index in [1.807, 2.05) is 6.08 Å². The molecule has 0 saturated carbocycles. The maximum Gasteiger partial charge on any atom is 0.00730 e. The molecule has 0 heteroatoms. The first kappa shape index (κ1) is 14.6. The number of hydrogen-bond donors (Lipinski definition) is 0. The lowest BCUT2D eigenvalue weighted by molar-refractivity contribution is 0.924. The SMILES string of the molecule is C=CC1=C(C(=C)C2=CC=CCC2)C=C(c2ccccc2)C1C. The maximum absolute atomic E-state index is 4.37. The summed E-state index contributed by atoms with van der Waals surface area (Å²) in [5, 5.41) is 0. The zero-order chi connectivity index (χ0) is 15.5. The zero-order valence-corrected chi connectivity index (χ0v) is 13.2. The van der Waals surface area contributed by atoms with Gasteiger partial charge in [-0.1, -0.05) is 74.7 Å². The van der Waals surface area contributed by atoms with Crippen LogP contribution in [0.5, 0.6) is 0 Å². The molecule has 0 heterocycles. The highest BCUT2D eigenvalue weighted by Gasteiger charge is 2.25. The molecule has 0 N–H and O–H groups in total. The molecular formula is C22H22. The van der Waals surface area contributed by atoms with E-state index in [1.54, 1.807) is 0 Å². The molecule has 22 heavy (non-hydrogen) atoms. The van der Waals surface area contributed by atoms with Crippen LogP contribution in [0.1, 0.15) is 25.3 Å². The molecule has 0 aliphatic heterocycles. The Morgan fingerprint density at radius 2 is 2.00 bits per heavy atom. The second kappa shape index (κ2) is 6.19. The highest BCUT2D eigenvalue weighted by molar-refractivity contribution is 5.80. The Bertz CT molecular complexity index is 721. The van der Waals surface area contributed by atoms with Crippen molar-refractivity contribution in [3.63, 3.8) is 0 Å². The van der Waals surface area contributed by atoms with Crippen molar-refractivity contribution in [2.75, 3.05) is 0 Å². The molecule has 0 spiro atoms. The van der Waals surface area contributed by atoms with Crippen LogP contribution in [0.4, 0.5) is 0 Å². The predicted molar refractivity (Wildman–Crippen MR) is 96.4 cm³/mol. The van der Waals surface area contributed by atoms with Gasteiger partial charge in [0.05, 0.1) is 0 Å². The van der Waals surface area contributed by atoms with E-state index < -0.39 is 0 Å². The third kappa shape index (κ3) is 2.57. The van der Waals surface area contributed by atoms with Crippen LogP contribution in [-0.2, 0) is 0 Å². The molecule has 0 bridgehead atoms. The minimum Gasteiger partial charge on any atom is -0.0987 e. The highest BCUT2D eigenvalue weighted by atomic mass is 14.3. The van der Waals surface area contributed by atoms with Crippen LogP contribution in [-0.4, -0.2) is 0 Å². The van der Waals surface area contributed by atoms with Crippen LogP contribution in [0.15, 0.2) is 96.2 Å². The van der Waals surface area contributed by atoms with Crippen molar-refractivity contribution in [3.8, 4) is 0 Å². The lowest BCUT2D eigenvalue weighted by atomic mass is 9.89. The van der Waals surface area contributed by atoms with Crippen molar-refractivity contribution in [2.45, 2.75) is 19.8 Å². The topological polar surface area (TPSA) is 0 Å². The van der Waals surface area contributed by atoms with Gasteiger partial charge in [-0.15, -0.1) is 0 Å². The van der Waals surface area contributed by atoms with Gasteiger partial charge in [-0.2, -0.15) is 0 Å². The Morgan fingerprint density at radius 1 is 1.23 bits per heavy atom. The Labute approximate surface area is 133 Å². The molecule has 110 valence electrons. The maximum atomic E-state index is 4.37. The summed E-state index contributed by atoms with van der Waals surface area (Å²) in [5.74, 6) is 0.367. The molecule has 2 aliphatic rings. The smallest absolute Gasteiger partial charge is 0.00730 e. The van der Waals surface area contributed by atoms with Crippen LogP contribution in [0.25, 0.3) is 5.57 Å². The predicted octanol–water partition coefficient (Wildman–Crippen LogP) is 6.03. The molecule has 0 fully saturated rings. The summed E-state index contributed by atoms with van der Waals surface area (Å²) >= 11 is 0. The Hall–Kier alpha value is -2.34. The van der Waals surface area contributed by atoms with Crippen molar-refractivity contribution in [3.05, 3.63) is 102 Å². The Morgan fingerprint density at radius 3 is 2.64 bits per heavy atom. The largest absolute Gasteiger partial charge is 0.0987 e. The van der Waals surface area contributed by atoms with Gasteiger partial charge < -0.3 is 0 Å². The fraction of sp³-hybridized carbons (Fsp3) is 0.182. The molecule has 0 amide bonds.